The third-order valence-corrected chi connectivity index (χ3v) is 3.98. The summed E-state index contributed by atoms with van der Waals surface area (Å²) in [5.41, 5.74) is 1.10. The Morgan fingerprint density at radius 3 is 2.80 bits per heavy atom. The summed E-state index contributed by atoms with van der Waals surface area (Å²) in [6, 6.07) is 6.02. The predicted molar refractivity (Wildman–Crippen MR) is 114 cm³/mol. The molecule has 1 aromatic rings. The first-order valence-electron chi connectivity index (χ1n) is 9.00. The van der Waals surface area contributed by atoms with Crippen LogP contribution in [0.15, 0.2) is 29.4 Å². The largest absolute Gasteiger partial charge is 0.379 e. The van der Waals surface area contributed by atoms with Gasteiger partial charge < -0.3 is 15.4 Å². The Morgan fingerprint density at radius 1 is 1.32 bits per heavy atom. The van der Waals surface area contributed by atoms with Crippen LogP contribution in [0.25, 0.3) is 0 Å². The molecular formula is C18H32IN5O. The number of nitrogens with zero attached hydrogens (tertiary/aromatic N) is 3. The van der Waals surface area contributed by atoms with E-state index >= 15 is 0 Å². The Kier molecular flexibility index (Phi) is 11.8. The minimum absolute atomic E-state index is 0. The molecule has 0 amide bonds. The van der Waals surface area contributed by atoms with Gasteiger partial charge in [-0.05, 0) is 25.0 Å². The molecule has 1 unspecified atom stereocenters. The van der Waals surface area contributed by atoms with Crippen molar-refractivity contribution >= 4 is 29.9 Å². The molecular weight excluding hydrogens is 429 g/mol. The van der Waals surface area contributed by atoms with Gasteiger partial charge in [0.1, 0.15) is 0 Å². The lowest BCUT2D eigenvalue weighted by atomic mass is 10.1. The average molecular weight is 461 g/mol. The summed E-state index contributed by atoms with van der Waals surface area (Å²) < 4.78 is 5.40. The van der Waals surface area contributed by atoms with E-state index in [0.29, 0.717) is 5.92 Å². The van der Waals surface area contributed by atoms with Gasteiger partial charge >= 0.3 is 0 Å². The van der Waals surface area contributed by atoms with Gasteiger partial charge in [0.25, 0.3) is 0 Å². The average Bonchev–Trinajstić information content (AvgIpc) is 2.61. The summed E-state index contributed by atoms with van der Waals surface area (Å²) >= 11 is 0. The number of halogens is 1. The highest BCUT2D eigenvalue weighted by Gasteiger charge is 2.13. The number of aliphatic imine (C=N–C) groups is 1. The van der Waals surface area contributed by atoms with Crippen LogP contribution in [0, 0.1) is 5.92 Å². The van der Waals surface area contributed by atoms with Crippen molar-refractivity contribution in [2.24, 2.45) is 10.9 Å². The maximum absolute atomic E-state index is 5.40. The van der Waals surface area contributed by atoms with Crippen molar-refractivity contribution in [3.63, 3.8) is 0 Å². The van der Waals surface area contributed by atoms with Gasteiger partial charge in [0.2, 0.25) is 0 Å². The molecule has 1 aromatic heterocycles. The van der Waals surface area contributed by atoms with Crippen molar-refractivity contribution in [1.82, 2.24) is 20.5 Å². The molecule has 0 spiro atoms. The van der Waals surface area contributed by atoms with Crippen molar-refractivity contribution < 1.29 is 4.74 Å². The molecule has 142 valence electrons. The van der Waals surface area contributed by atoms with Crippen LogP contribution in [0.1, 0.15) is 19.5 Å². The number of ether oxygens (including phenoxy) is 1. The van der Waals surface area contributed by atoms with Gasteiger partial charge in [-0.2, -0.15) is 0 Å². The minimum atomic E-state index is 0. The fraction of sp³-hybridized carbons (Fsp3) is 0.667. The molecule has 25 heavy (non-hydrogen) atoms. The standard InChI is InChI=1S/C18H31N5O.HI/c1-3-19-18(21-9-7-17-6-4-5-8-20-17)22-14-16(2)15-23-10-12-24-13-11-23;/h4-6,8,16H,3,7,9-15H2,1-2H3,(H2,19,21,22);1H. The van der Waals surface area contributed by atoms with E-state index in [1.165, 1.54) is 0 Å². The highest BCUT2D eigenvalue weighted by molar-refractivity contribution is 14.0. The fourth-order valence-electron chi connectivity index (χ4n) is 2.73. The SMILES string of the molecule is CCNC(=NCC(C)CN1CCOCC1)NCCc1ccccn1.I. The van der Waals surface area contributed by atoms with E-state index in [2.05, 4.69) is 40.4 Å². The summed E-state index contributed by atoms with van der Waals surface area (Å²) in [6.07, 6.45) is 2.73. The monoisotopic (exact) mass is 461 g/mol. The van der Waals surface area contributed by atoms with E-state index in [1.807, 2.05) is 18.3 Å². The van der Waals surface area contributed by atoms with E-state index in [9.17, 15) is 0 Å². The summed E-state index contributed by atoms with van der Waals surface area (Å²) in [4.78, 5) is 11.5. The quantitative estimate of drug-likeness (QED) is 0.351. The van der Waals surface area contributed by atoms with Crippen molar-refractivity contribution in [2.75, 3.05) is 52.5 Å². The van der Waals surface area contributed by atoms with Crippen LogP contribution in [0.5, 0.6) is 0 Å². The van der Waals surface area contributed by atoms with Gasteiger partial charge in [0.15, 0.2) is 5.96 Å². The Morgan fingerprint density at radius 2 is 2.12 bits per heavy atom. The van der Waals surface area contributed by atoms with Gasteiger partial charge in [0, 0.05) is 57.6 Å². The number of nitrogens with one attached hydrogen (secondary N) is 2. The van der Waals surface area contributed by atoms with Crippen LogP contribution in [0.2, 0.25) is 0 Å². The minimum Gasteiger partial charge on any atom is -0.379 e. The normalized spacial score (nSPS) is 16.8. The molecule has 0 aliphatic carbocycles. The molecule has 0 saturated carbocycles. The van der Waals surface area contributed by atoms with Crippen LogP contribution >= 0.6 is 24.0 Å². The number of guanidine groups is 1. The second-order valence-electron chi connectivity index (χ2n) is 6.24. The molecule has 2 heterocycles. The lowest BCUT2D eigenvalue weighted by molar-refractivity contribution is 0.0323. The zero-order valence-corrected chi connectivity index (χ0v) is 17.7. The van der Waals surface area contributed by atoms with Crippen LogP contribution in [0.3, 0.4) is 0 Å². The first-order chi connectivity index (χ1) is 11.8. The van der Waals surface area contributed by atoms with E-state index in [1.54, 1.807) is 0 Å². The third-order valence-electron chi connectivity index (χ3n) is 3.98. The molecule has 1 aliphatic heterocycles. The molecule has 1 atom stereocenters. The smallest absolute Gasteiger partial charge is 0.191 e. The maximum Gasteiger partial charge on any atom is 0.191 e. The van der Waals surface area contributed by atoms with Crippen molar-refractivity contribution in [3.8, 4) is 0 Å². The zero-order valence-electron chi connectivity index (χ0n) is 15.4. The third kappa shape index (κ3) is 9.37. The Bertz CT molecular complexity index is 480. The summed E-state index contributed by atoms with van der Waals surface area (Å²) in [5.74, 6) is 1.43. The number of aromatic nitrogens is 1. The Labute approximate surface area is 168 Å². The van der Waals surface area contributed by atoms with Gasteiger partial charge in [-0.3, -0.25) is 14.9 Å². The lowest BCUT2D eigenvalue weighted by Gasteiger charge is -2.28. The van der Waals surface area contributed by atoms with Gasteiger partial charge in [0.05, 0.1) is 13.2 Å². The molecule has 2 rings (SSSR count). The highest BCUT2D eigenvalue weighted by Crippen LogP contribution is 2.04. The number of hydrogen-bond donors (Lipinski definition) is 2. The molecule has 6 nitrogen and oxygen atoms in total. The van der Waals surface area contributed by atoms with Crippen molar-refractivity contribution in [3.05, 3.63) is 30.1 Å². The topological polar surface area (TPSA) is 61.8 Å². The molecule has 0 radical (unpaired) electrons. The number of morpholine rings is 1. The van der Waals surface area contributed by atoms with Crippen LogP contribution in [-0.2, 0) is 11.2 Å². The first kappa shape index (κ1) is 22.1. The van der Waals surface area contributed by atoms with Crippen LogP contribution in [0.4, 0.5) is 0 Å². The van der Waals surface area contributed by atoms with E-state index in [4.69, 9.17) is 9.73 Å². The Hall–Kier alpha value is -0.930. The number of pyridine rings is 1. The molecule has 1 saturated heterocycles. The van der Waals surface area contributed by atoms with E-state index in [0.717, 1.165) is 70.6 Å². The molecule has 7 heteroatoms. The second-order valence-corrected chi connectivity index (χ2v) is 6.24. The maximum atomic E-state index is 5.40. The number of hydrogen-bond acceptors (Lipinski definition) is 4. The molecule has 2 N–H and O–H groups in total. The van der Waals surface area contributed by atoms with Crippen molar-refractivity contribution in [2.45, 2.75) is 20.3 Å². The van der Waals surface area contributed by atoms with Crippen LogP contribution in [-0.4, -0.2) is 68.3 Å². The van der Waals surface area contributed by atoms with Crippen LogP contribution < -0.4 is 10.6 Å². The van der Waals surface area contributed by atoms with E-state index < -0.39 is 0 Å². The molecule has 0 bridgehead atoms. The highest BCUT2D eigenvalue weighted by atomic mass is 127. The summed E-state index contributed by atoms with van der Waals surface area (Å²) in [5, 5.41) is 6.71. The van der Waals surface area contributed by atoms with Gasteiger partial charge in [-0.1, -0.05) is 13.0 Å². The zero-order chi connectivity index (χ0) is 17.0. The fourth-order valence-corrected chi connectivity index (χ4v) is 2.73. The van der Waals surface area contributed by atoms with Crippen molar-refractivity contribution in [1.29, 1.82) is 0 Å². The summed E-state index contributed by atoms with van der Waals surface area (Å²) in [6.45, 7) is 11.8. The Balaban J connectivity index is 0.00000312. The van der Waals surface area contributed by atoms with E-state index in [-0.39, 0.29) is 24.0 Å². The second kappa shape index (κ2) is 13.3. The summed E-state index contributed by atoms with van der Waals surface area (Å²) in [7, 11) is 0. The van der Waals surface area contributed by atoms with Gasteiger partial charge in [-0.15, -0.1) is 24.0 Å². The molecule has 1 fully saturated rings. The number of rotatable bonds is 8. The molecule has 0 aromatic carbocycles. The predicted octanol–water partition coefficient (Wildman–Crippen LogP) is 1.77. The first-order valence-corrected chi connectivity index (χ1v) is 9.00. The van der Waals surface area contributed by atoms with Gasteiger partial charge in [-0.25, -0.2) is 0 Å². The molecule has 1 aliphatic rings. The lowest BCUT2D eigenvalue weighted by Crippen LogP contribution is -2.40.